The van der Waals surface area contributed by atoms with Crippen molar-refractivity contribution in [3.63, 3.8) is 0 Å². The Morgan fingerprint density at radius 1 is 0.901 bits per heavy atom. The summed E-state index contributed by atoms with van der Waals surface area (Å²) in [5, 5.41) is 24.5. The van der Waals surface area contributed by atoms with E-state index in [0.717, 1.165) is 17.1 Å². The van der Waals surface area contributed by atoms with E-state index in [1.54, 1.807) is 34.0 Å². The van der Waals surface area contributed by atoms with E-state index in [4.69, 9.17) is 28.5 Å². The van der Waals surface area contributed by atoms with Crippen LogP contribution in [0.4, 0.5) is 4.79 Å². The van der Waals surface area contributed by atoms with Crippen LogP contribution in [-0.2, 0) is 52.5 Å². The maximum Gasteiger partial charge on any atom is 0.434 e. The molecule has 1 saturated carbocycles. The van der Waals surface area contributed by atoms with E-state index in [0.29, 0.717) is 69.8 Å². The Balaban J connectivity index is 1.69. The fourth-order valence-electron chi connectivity index (χ4n) is 10.8. The van der Waals surface area contributed by atoms with Gasteiger partial charge in [0.1, 0.15) is 36.2 Å². The average molecular weight is 999 g/mol. The van der Waals surface area contributed by atoms with Crippen molar-refractivity contribution in [1.82, 2.24) is 9.96 Å². The van der Waals surface area contributed by atoms with Crippen molar-refractivity contribution in [2.45, 2.75) is 187 Å². The highest BCUT2D eigenvalue weighted by atomic mass is 16.7. The van der Waals surface area contributed by atoms with Gasteiger partial charge in [0.25, 0.3) is 11.7 Å². The molecule has 3 heterocycles. The number of carbonyl (C=O) groups excluding carboxylic acids is 6. The van der Waals surface area contributed by atoms with Crippen LogP contribution in [0.1, 0.15) is 139 Å². The molecule has 0 aromatic carbocycles. The van der Waals surface area contributed by atoms with Gasteiger partial charge >= 0.3 is 12.1 Å². The zero-order valence-electron chi connectivity index (χ0n) is 44.6. The summed E-state index contributed by atoms with van der Waals surface area (Å²) in [7, 11) is 5.75. The van der Waals surface area contributed by atoms with Crippen molar-refractivity contribution >= 4 is 35.3 Å². The predicted octanol–water partition coefficient (Wildman–Crippen LogP) is 7.83. The monoisotopic (exact) mass is 999 g/mol. The van der Waals surface area contributed by atoms with Crippen LogP contribution in [0, 0.1) is 41.4 Å². The minimum Gasteiger partial charge on any atom is -0.460 e. The van der Waals surface area contributed by atoms with Gasteiger partial charge in [-0.2, -0.15) is 5.06 Å². The fraction of sp³-hybridized carbons (Fsp3) is 0.745. The number of ether oxygens (including phenoxy) is 5. The fourth-order valence-corrected chi connectivity index (χ4v) is 10.8. The number of allylic oxidation sites excluding steroid dienone is 7. The second-order valence-electron chi connectivity index (χ2n) is 21.0. The highest BCUT2D eigenvalue weighted by Crippen LogP contribution is 2.39. The highest BCUT2D eigenvalue weighted by Gasteiger charge is 2.53. The molecule has 0 radical (unpaired) electrons. The lowest BCUT2D eigenvalue weighted by Crippen LogP contribution is -2.60. The molecular formula is C55H86N2O14. The van der Waals surface area contributed by atoms with E-state index in [-0.39, 0.29) is 48.7 Å². The lowest BCUT2D eigenvalue weighted by molar-refractivity contribution is -0.264. The summed E-state index contributed by atoms with van der Waals surface area (Å²) in [5.74, 6) is -8.00. The molecule has 15 atom stereocenters. The first-order chi connectivity index (χ1) is 33.6. The number of amides is 2. The molecule has 4 rings (SSSR count). The summed E-state index contributed by atoms with van der Waals surface area (Å²) in [6.45, 7) is 15.0. The number of hydrogen-bond donors (Lipinski definition) is 2. The van der Waals surface area contributed by atoms with Crippen LogP contribution in [0.25, 0.3) is 0 Å². The number of aliphatic hydroxyl groups is 2. The molecule has 2 N–H and O–H groups in total. The number of methoxy groups -OCH3 is 2. The Morgan fingerprint density at radius 2 is 1.62 bits per heavy atom. The third-order valence-corrected chi connectivity index (χ3v) is 15.7. The number of cyclic esters (lactones) is 1. The lowest BCUT2D eigenvalue weighted by atomic mass is 9.78. The van der Waals surface area contributed by atoms with E-state index in [1.165, 1.54) is 26.2 Å². The van der Waals surface area contributed by atoms with Crippen molar-refractivity contribution in [2.75, 3.05) is 34.9 Å². The lowest BCUT2D eigenvalue weighted by Gasteiger charge is -2.43. The van der Waals surface area contributed by atoms with Crippen LogP contribution < -0.4 is 0 Å². The van der Waals surface area contributed by atoms with Gasteiger partial charge in [-0.25, -0.2) is 9.59 Å². The summed E-state index contributed by atoms with van der Waals surface area (Å²) in [4.78, 5) is 90.0. The zero-order valence-corrected chi connectivity index (χ0v) is 44.6. The van der Waals surface area contributed by atoms with Crippen LogP contribution in [0.2, 0.25) is 0 Å². The first-order valence-electron chi connectivity index (χ1n) is 26.0. The van der Waals surface area contributed by atoms with Crippen molar-refractivity contribution in [3.8, 4) is 0 Å². The van der Waals surface area contributed by atoms with Gasteiger partial charge in [-0.3, -0.25) is 24.0 Å². The highest BCUT2D eigenvalue weighted by molar-refractivity contribution is 6.39. The summed E-state index contributed by atoms with van der Waals surface area (Å²) in [5.41, 5.74) is 1.47. The van der Waals surface area contributed by atoms with E-state index in [9.17, 15) is 39.0 Å². The first kappa shape index (κ1) is 59.5. The van der Waals surface area contributed by atoms with Crippen LogP contribution in [0.3, 0.4) is 0 Å². The van der Waals surface area contributed by atoms with Gasteiger partial charge in [-0.15, -0.1) is 0 Å². The largest absolute Gasteiger partial charge is 0.460 e. The number of piperidine rings is 1. The molecule has 2 bridgehead atoms. The number of carbonyl (C=O) groups is 6. The van der Waals surface area contributed by atoms with Gasteiger partial charge in [0.2, 0.25) is 5.79 Å². The molecule has 16 heteroatoms. The number of ketones is 3. The van der Waals surface area contributed by atoms with E-state index in [1.807, 2.05) is 58.1 Å². The molecule has 0 aromatic rings. The van der Waals surface area contributed by atoms with Gasteiger partial charge < -0.3 is 38.8 Å². The van der Waals surface area contributed by atoms with Crippen LogP contribution in [0.5, 0.6) is 0 Å². The number of hydroxylamine groups is 2. The SMILES string of the molecule is CC[C@H]1C[C@@H]2CCC(C)C(O)(O2)C(=O)C(=O)N2CCCCC2C(=O)O[C@H]([C@H](C)CC2CC[C@@H](OC(=O)N(C)OC)C(OC)C2)CC(=O)[C@H](C)/C=C(\C)[C@@H](O)C(OC)C(=O)C(C)C[C@H](C)/C=C/C=C/C=C/1C. The minimum atomic E-state index is -2.40. The molecule has 1 aliphatic carbocycles. The van der Waals surface area contributed by atoms with E-state index < -0.39 is 95.9 Å². The number of fused-ring (bicyclic) bond motifs is 3. The van der Waals surface area contributed by atoms with E-state index >= 15 is 0 Å². The smallest absolute Gasteiger partial charge is 0.434 e. The van der Waals surface area contributed by atoms with Crippen molar-refractivity contribution in [1.29, 1.82) is 0 Å². The van der Waals surface area contributed by atoms with E-state index in [2.05, 4.69) is 6.92 Å². The summed E-state index contributed by atoms with van der Waals surface area (Å²) in [6.07, 6.45) is 12.1. The van der Waals surface area contributed by atoms with Gasteiger partial charge in [-0.05, 0) is 120 Å². The molecule has 3 fully saturated rings. The molecule has 0 spiro atoms. The standard InChI is InChI=1S/C55H86N2O14/c1-13-41-31-42-24-22-39(8)55(65,71-42)51(61)52(62)57-26-18-17-21-43(57)53(63)69-46(36(5)29-40-23-25-45(47(30-40)66-10)70-54(64)56(9)68-12)32-44(58)35(4)28-38(7)49(60)50(67-11)48(59)37(6)27-33(2)19-15-14-16-20-34(41)3/h14-16,19-20,28,33,35-37,39-43,45-47,49-50,60,65H,13,17-18,21-27,29-32H2,1-12H3/b16-14+,19-15+,34-20+,38-28+/t33-,35-,36-,37?,39?,40?,41+,42+,43?,45-,46+,47?,49-,50?,55?/m1/s1. The van der Waals surface area contributed by atoms with Crippen molar-refractivity contribution in [2.24, 2.45) is 41.4 Å². The summed E-state index contributed by atoms with van der Waals surface area (Å²) in [6, 6.07) is -1.16. The molecular weight excluding hydrogens is 913 g/mol. The Kier molecular flexibility index (Phi) is 23.3. The third-order valence-electron chi connectivity index (χ3n) is 15.7. The number of rotatable bonds is 8. The average Bonchev–Trinajstić information content (AvgIpc) is 3.35. The molecule has 71 heavy (non-hydrogen) atoms. The molecule has 7 unspecified atom stereocenters. The Morgan fingerprint density at radius 3 is 2.28 bits per heavy atom. The zero-order chi connectivity index (χ0) is 52.7. The molecule has 16 nitrogen and oxygen atoms in total. The van der Waals surface area contributed by atoms with Crippen LogP contribution >= 0.6 is 0 Å². The van der Waals surface area contributed by atoms with Crippen molar-refractivity contribution in [3.05, 3.63) is 47.6 Å². The summed E-state index contributed by atoms with van der Waals surface area (Å²) < 4.78 is 29.7. The Labute approximate surface area is 422 Å². The van der Waals surface area contributed by atoms with Gasteiger partial charge in [0, 0.05) is 52.0 Å². The first-order valence-corrected chi connectivity index (χ1v) is 26.0. The number of hydrogen-bond acceptors (Lipinski definition) is 14. The molecule has 2 saturated heterocycles. The molecule has 400 valence electrons. The minimum absolute atomic E-state index is 0.0286. The molecule has 3 aliphatic heterocycles. The number of aliphatic hydroxyl groups excluding tert-OH is 1. The molecule has 2 amide bonds. The van der Waals surface area contributed by atoms with Gasteiger partial charge in [-0.1, -0.05) is 83.6 Å². The van der Waals surface area contributed by atoms with Crippen LogP contribution in [0.15, 0.2) is 47.6 Å². The number of Topliss-reactive ketones (excluding diaryl/α,β-unsaturated/α-hetero) is 3. The Hall–Kier alpha value is -4.06. The number of nitrogens with zero attached hydrogens (tertiary/aromatic N) is 2. The topological polar surface area (TPSA) is 205 Å². The molecule has 4 aliphatic rings. The maximum absolute atomic E-state index is 14.5. The quantitative estimate of drug-likeness (QED) is 0.103. The van der Waals surface area contributed by atoms with Gasteiger partial charge in [0.05, 0.1) is 19.3 Å². The van der Waals surface area contributed by atoms with Crippen molar-refractivity contribution < 1.29 is 67.5 Å². The summed E-state index contributed by atoms with van der Waals surface area (Å²) >= 11 is 0. The second-order valence-corrected chi connectivity index (χ2v) is 21.0. The number of esters is 1. The predicted molar refractivity (Wildman–Crippen MR) is 267 cm³/mol. The van der Waals surface area contributed by atoms with Gasteiger partial charge in [0.15, 0.2) is 5.78 Å². The van der Waals surface area contributed by atoms with Crippen LogP contribution in [-0.4, -0.2) is 139 Å². The Bertz CT molecular complexity index is 1950. The second kappa shape index (κ2) is 27.8. The third kappa shape index (κ3) is 16.0. The normalized spacial score (nSPS) is 37.9. The maximum atomic E-state index is 14.5. The molecule has 0 aromatic heterocycles.